The highest BCUT2D eigenvalue weighted by Gasteiger charge is 2.42. The number of carbonyl (C=O) groups is 1. The van der Waals surface area contributed by atoms with E-state index in [-0.39, 0.29) is 11.9 Å². The molecule has 1 aliphatic heterocycles. The Morgan fingerprint density at radius 3 is 2.56 bits per heavy atom. The summed E-state index contributed by atoms with van der Waals surface area (Å²) in [6.07, 6.45) is 7.34. The van der Waals surface area contributed by atoms with Crippen molar-refractivity contribution in [3.63, 3.8) is 0 Å². The van der Waals surface area contributed by atoms with E-state index >= 15 is 0 Å². The van der Waals surface area contributed by atoms with Gasteiger partial charge in [-0.25, -0.2) is 4.68 Å². The van der Waals surface area contributed by atoms with E-state index < -0.39 is 0 Å². The summed E-state index contributed by atoms with van der Waals surface area (Å²) in [4.78, 5) is 15.0. The lowest BCUT2D eigenvalue weighted by atomic mass is 10.0. The first-order valence-corrected chi connectivity index (χ1v) is 9.69. The minimum absolute atomic E-state index is 0.191. The van der Waals surface area contributed by atoms with Crippen LogP contribution in [0.2, 0.25) is 0 Å². The summed E-state index contributed by atoms with van der Waals surface area (Å²) in [7, 11) is 3.61. The monoisotopic (exact) mass is 346 g/mol. The van der Waals surface area contributed by atoms with Gasteiger partial charge in [-0.05, 0) is 63.8 Å². The zero-order valence-corrected chi connectivity index (χ0v) is 15.6. The van der Waals surface area contributed by atoms with Crippen molar-refractivity contribution in [2.45, 2.75) is 57.5 Å². The molecule has 25 heavy (non-hydrogen) atoms. The summed E-state index contributed by atoms with van der Waals surface area (Å²) < 4.78 is 7.38. The molecule has 1 atom stereocenters. The Labute approximate surface area is 149 Å². The molecule has 1 amide bonds. The Balaban J connectivity index is 1.44. The minimum atomic E-state index is 0.191. The van der Waals surface area contributed by atoms with E-state index in [4.69, 9.17) is 4.74 Å². The molecule has 3 fully saturated rings. The molecular formula is C19H30N4O2. The maximum Gasteiger partial charge on any atom is 0.234 e. The highest BCUT2D eigenvalue weighted by Crippen LogP contribution is 2.44. The fourth-order valence-corrected chi connectivity index (χ4v) is 4.57. The van der Waals surface area contributed by atoms with E-state index in [0.717, 1.165) is 48.4 Å². The molecule has 2 saturated carbocycles. The van der Waals surface area contributed by atoms with Gasteiger partial charge in [-0.3, -0.25) is 9.69 Å². The number of nitrogens with zero attached hydrogens (tertiary/aromatic N) is 3. The summed E-state index contributed by atoms with van der Waals surface area (Å²) in [6, 6.07) is 0.665. The van der Waals surface area contributed by atoms with Crippen LogP contribution in [0, 0.1) is 18.8 Å². The fraction of sp³-hybridized carbons (Fsp3) is 0.789. The standard InChI is InChI=1S/C19H30N4O2/c1-12-17(19(25-3)22(2)21-12)15-5-4-10-23(15)11-16(24)20-18(13-6-7-13)14-8-9-14/h13-15,18H,4-11H2,1-3H3,(H,20,24). The van der Waals surface area contributed by atoms with E-state index in [1.165, 1.54) is 25.7 Å². The molecule has 4 rings (SSSR count). The molecule has 0 bridgehead atoms. The van der Waals surface area contributed by atoms with Crippen molar-refractivity contribution >= 4 is 5.91 Å². The SMILES string of the molecule is COc1c(C2CCCN2CC(=O)NC(C2CC2)C2CC2)c(C)nn1C. The fourth-order valence-electron chi connectivity index (χ4n) is 4.57. The van der Waals surface area contributed by atoms with Gasteiger partial charge in [0.05, 0.1) is 24.9 Å². The van der Waals surface area contributed by atoms with Crippen molar-refractivity contribution in [2.75, 3.05) is 20.2 Å². The van der Waals surface area contributed by atoms with Crippen LogP contribution < -0.4 is 10.1 Å². The van der Waals surface area contributed by atoms with Crippen molar-refractivity contribution in [3.05, 3.63) is 11.3 Å². The van der Waals surface area contributed by atoms with Gasteiger partial charge < -0.3 is 10.1 Å². The van der Waals surface area contributed by atoms with Crippen LogP contribution in [-0.2, 0) is 11.8 Å². The summed E-state index contributed by atoms with van der Waals surface area (Å²) >= 11 is 0. The predicted octanol–water partition coefficient (Wildman–Crippen LogP) is 2.18. The second kappa shape index (κ2) is 6.63. The molecule has 6 nitrogen and oxygen atoms in total. The van der Waals surface area contributed by atoms with Crippen molar-refractivity contribution < 1.29 is 9.53 Å². The summed E-state index contributed by atoms with van der Waals surface area (Å²) in [6.45, 7) is 3.48. The van der Waals surface area contributed by atoms with Crippen LogP contribution in [0.4, 0.5) is 0 Å². The van der Waals surface area contributed by atoms with Gasteiger partial charge in [-0.15, -0.1) is 0 Å². The summed E-state index contributed by atoms with van der Waals surface area (Å²) in [5.41, 5.74) is 2.15. The Morgan fingerprint density at radius 1 is 1.28 bits per heavy atom. The summed E-state index contributed by atoms with van der Waals surface area (Å²) in [5.74, 6) is 2.50. The normalized spacial score (nSPS) is 24.1. The van der Waals surface area contributed by atoms with E-state index in [2.05, 4.69) is 15.3 Å². The largest absolute Gasteiger partial charge is 0.481 e. The molecule has 2 heterocycles. The van der Waals surface area contributed by atoms with Gasteiger partial charge in [0, 0.05) is 19.1 Å². The maximum absolute atomic E-state index is 12.7. The number of aromatic nitrogens is 2. The lowest BCUT2D eigenvalue weighted by Gasteiger charge is -2.26. The zero-order chi connectivity index (χ0) is 17.6. The van der Waals surface area contributed by atoms with Crippen LogP contribution in [0.5, 0.6) is 5.88 Å². The van der Waals surface area contributed by atoms with Crippen LogP contribution in [-0.4, -0.2) is 46.8 Å². The van der Waals surface area contributed by atoms with Crippen LogP contribution in [0.3, 0.4) is 0 Å². The van der Waals surface area contributed by atoms with Gasteiger partial charge in [0.2, 0.25) is 11.8 Å². The smallest absolute Gasteiger partial charge is 0.234 e. The molecule has 1 aromatic rings. The molecular weight excluding hydrogens is 316 g/mol. The van der Waals surface area contributed by atoms with Crippen LogP contribution in [0.25, 0.3) is 0 Å². The number of ether oxygens (including phenoxy) is 1. The second-order valence-corrected chi connectivity index (χ2v) is 8.03. The molecule has 0 aromatic carbocycles. The lowest BCUT2D eigenvalue weighted by molar-refractivity contribution is -0.123. The first-order valence-electron chi connectivity index (χ1n) is 9.69. The average molecular weight is 346 g/mol. The van der Waals surface area contributed by atoms with Crippen LogP contribution in [0.15, 0.2) is 0 Å². The minimum Gasteiger partial charge on any atom is -0.481 e. The molecule has 3 aliphatic rings. The third kappa shape index (κ3) is 3.41. The molecule has 1 aromatic heterocycles. The quantitative estimate of drug-likeness (QED) is 0.822. The molecule has 0 radical (unpaired) electrons. The molecule has 2 aliphatic carbocycles. The number of nitrogens with one attached hydrogen (secondary N) is 1. The van der Waals surface area contributed by atoms with E-state index in [1.807, 2.05) is 14.0 Å². The topological polar surface area (TPSA) is 59.4 Å². The van der Waals surface area contributed by atoms with Crippen molar-refractivity contribution in [3.8, 4) is 5.88 Å². The van der Waals surface area contributed by atoms with E-state index in [0.29, 0.717) is 12.6 Å². The lowest BCUT2D eigenvalue weighted by Crippen LogP contribution is -2.44. The van der Waals surface area contributed by atoms with Gasteiger partial charge in [-0.1, -0.05) is 0 Å². The van der Waals surface area contributed by atoms with Gasteiger partial charge in [-0.2, -0.15) is 5.10 Å². The third-order valence-electron chi connectivity index (χ3n) is 6.04. The van der Waals surface area contributed by atoms with Gasteiger partial charge >= 0.3 is 0 Å². The van der Waals surface area contributed by atoms with E-state index in [9.17, 15) is 4.79 Å². The Morgan fingerprint density at radius 2 is 1.96 bits per heavy atom. The number of hydrogen-bond acceptors (Lipinski definition) is 4. The number of hydrogen-bond donors (Lipinski definition) is 1. The maximum atomic E-state index is 12.7. The Hall–Kier alpha value is -1.56. The van der Waals surface area contributed by atoms with Crippen molar-refractivity contribution in [2.24, 2.45) is 18.9 Å². The molecule has 138 valence electrons. The third-order valence-corrected chi connectivity index (χ3v) is 6.04. The molecule has 1 unspecified atom stereocenters. The average Bonchev–Trinajstić information content (AvgIpc) is 3.49. The first kappa shape index (κ1) is 16.9. The first-order chi connectivity index (χ1) is 12.1. The predicted molar refractivity (Wildman–Crippen MR) is 95.4 cm³/mol. The van der Waals surface area contributed by atoms with Gasteiger partial charge in [0.15, 0.2) is 0 Å². The number of methoxy groups -OCH3 is 1. The highest BCUT2D eigenvalue weighted by atomic mass is 16.5. The number of likely N-dealkylation sites (tertiary alicyclic amines) is 1. The van der Waals surface area contributed by atoms with Crippen molar-refractivity contribution in [1.82, 2.24) is 20.0 Å². The molecule has 0 spiro atoms. The Kier molecular flexibility index (Phi) is 4.48. The number of aryl methyl sites for hydroxylation is 2. The van der Waals surface area contributed by atoms with E-state index in [1.54, 1.807) is 11.8 Å². The van der Waals surface area contributed by atoms with Crippen LogP contribution >= 0.6 is 0 Å². The summed E-state index contributed by atoms with van der Waals surface area (Å²) in [5, 5.41) is 7.87. The molecule has 1 saturated heterocycles. The van der Waals surface area contributed by atoms with Crippen LogP contribution in [0.1, 0.15) is 55.8 Å². The van der Waals surface area contributed by atoms with Crippen molar-refractivity contribution in [1.29, 1.82) is 0 Å². The van der Waals surface area contributed by atoms with Gasteiger partial charge in [0.1, 0.15) is 0 Å². The second-order valence-electron chi connectivity index (χ2n) is 8.03. The zero-order valence-electron chi connectivity index (χ0n) is 15.6. The van der Waals surface area contributed by atoms with Gasteiger partial charge in [0.25, 0.3) is 0 Å². The molecule has 6 heteroatoms. The number of amides is 1. The molecule has 1 N–H and O–H groups in total. The number of rotatable bonds is 7. The highest BCUT2D eigenvalue weighted by molar-refractivity contribution is 5.78. The Bertz CT molecular complexity index is 636. The number of carbonyl (C=O) groups excluding carboxylic acids is 1.